The van der Waals surface area contributed by atoms with Gasteiger partial charge in [0, 0.05) is 11.5 Å². The van der Waals surface area contributed by atoms with Crippen LogP contribution in [0.15, 0.2) is 89.8 Å². The summed E-state index contributed by atoms with van der Waals surface area (Å²) in [5, 5.41) is 3.78. The summed E-state index contributed by atoms with van der Waals surface area (Å²) in [4.78, 5) is 25.8. The molecular formula is C38H36O7S. The van der Waals surface area contributed by atoms with Crippen molar-refractivity contribution in [2.45, 2.75) is 70.5 Å². The molecular weight excluding hydrogens is 600 g/mol. The van der Waals surface area contributed by atoms with Gasteiger partial charge in [0.05, 0.1) is 16.9 Å². The number of rotatable bonds is 3. The number of hydrogen-bond acceptors (Lipinski definition) is 8. The molecule has 0 N–H and O–H groups in total. The van der Waals surface area contributed by atoms with Gasteiger partial charge in [-0.2, -0.15) is 0 Å². The van der Waals surface area contributed by atoms with E-state index in [0.717, 1.165) is 54.4 Å². The first-order valence-electron chi connectivity index (χ1n) is 15.1. The van der Waals surface area contributed by atoms with Gasteiger partial charge in [0.15, 0.2) is 0 Å². The first-order chi connectivity index (χ1) is 21.7. The molecule has 0 radical (unpaired) electrons. The molecule has 0 aromatic heterocycles. The van der Waals surface area contributed by atoms with Gasteiger partial charge in [0.2, 0.25) is 0 Å². The third-order valence-electron chi connectivity index (χ3n) is 7.34. The second-order valence-corrected chi connectivity index (χ2v) is 14.1. The van der Waals surface area contributed by atoms with Crippen molar-refractivity contribution >= 4 is 45.9 Å². The topological polar surface area (TPSA) is 80.3 Å². The largest absolute Gasteiger partial charge is 0.514 e. The zero-order valence-corrected chi connectivity index (χ0v) is 27.7. The van der Waals surface area contributed by atoms with Gasteiger partial charge in [0.1, 0.15) is 28.5 Å². The van der Waals surface area contributed by atoms with Crippen LogP contribution in [0.1, 0.15) is 69.7 Å². The fourth-order valence-corrected chi connectivity index (χ4v) is 6.41. The highest BCUT2D eigenvalue weighted by Gasteiger charge is 2.31. The lowest BCUT2D eigenvalue weighted by molar-refractivity contribution is 0.0193. The molecule has 1 aliphatic rings. The highest BCUT2D eigenvalue weighted by atomic mass is 32.2. The molecule has 1 aliphatic heterocycles. The first kappa shape index (κ1) is 31.3. The van der Waals surface area contributed by atoms with Crippen molar-refractivity contribution in [1.82, 2.24) is 0 Å². The Morgan fingerprint density at radius 3 is 1.80 bits per heavy atom. The predicted octanol–water partition coefficient (Wildman–Crippen LogP) is 10.5. The van der Waals surface area contributed by atoms with E-state index in [4.69, 9.17) is 23.1 Å². The number of carbonyl (C=O) groups excluding carboxylic acids is 2. The SMILES string of the molecule is Cc1cccc(C2c3c(ccc4cc(OC(=O)OC(C)(C)C)ccc34)OSc3ccc4cc(OC(=O)OC(C)(C)C)ccc4c32)c1. The summed E-state index contributed by atoms with van der Waals surface area (Å²) in [5.41, 5.74) is 3.00. The second kappa shape index (κ2) is 11.9. The minimum absolute atomic E-state index is 0.206. The van der Waals surface area contributed by atoms with Crippen molar-refractivity contribution in [3.63, 3.8) is 0 Å². The standard InChI is InChI=1S/C38H36O7S/c1-22-9-8-10-25(19-22)32-33-28-15-13-26(41-35(39)43-37(2,3)4)20-23(28)11-17-30(33)45-46-31-18-12-24-21-27(14-16-29(24)34(31)32)42-36(40)44-38(5,6)7/h8-21,32H,1-7H3. The number of benzene rings is 5. The van der Waals surface area contributed by atoms with Crippen molar-refractivity contribution in [2.75, 3.05) is 0 Å². The Bertz CT molecular complexity index is 1860. The lowest BCUT2D eigenvalue weighted by atomic mass is 9.80. The van der Waals surface area contributed by atoms with Crippen LogP contribution in [-0.4, -0.2) is 23.5 Å². The van der Waals surface area contributed by atoms with E-state index in [9.17, 15) is 9.59 Å². The fraction of sp³-hybridized carbons (Fsp3) is 0.263. The molecule has 46 heavy (non-hydrogen) atoms. The lowest BCUT2D eigenvalue weighted by Crippen LogP contribution is -2.25. The van der Waals surface area contributed by atoms with Crippen molar-refractivity contribution in [2.24, 2.45) is 0 Å². The Balaban J connectivity index is 1.49. The van der Waals surface area contributed by atoms with Crippen LogP contribution < -0.4 is 13.7 Å². The molecule has 0 fully saturated rings. The molecule has 1 heterocycles. The van der Waals surface area contributed by atoms with Crippen LogP contribution in [-0.2, 0) is 9.47 Å². The Hall–Kier alpha value is -4.69. The van der Waals surface area contributed by atoms with Crippen LogP contribution in [0, 0.1) is 6.92 Å². The molecule has 5 aromatic carbocycles. The van der Waals surface area contributed by atoms with Gasteiger partial charge in [-0.3, -0.25) is 0 Å². The Labute approximate surface area is 273 Å². The molecule has 6 rings (SSSR count). The molecule has 1 unspecified atom stereocenters. The first-order valence-corrected chi connectivity index (χ1v) is 15.8. The van der Waals surface area contributed by atoms with Gasteiger partial charge in [-0.15, -0.1) is 0 Å². The van der Waals surface area contributed by atoms with E-state index in [2.05, 4.69) is 31.2 Å². The Kier molecular flexibility index (Phi) is 8.11. The highest BCUT2D eigenvalue weighted by molar-refractivity contribution is 7.95. The summed E-state index contributed by atoms with van der Waals surface area (Å²) in [6.07, 6.45) is -1.51. The maximum Gasteiger partial charge on any atom is 0.514 e. The number of ether oxygens (including phenoxy) is 4. The maximum atomic E-state index is 12.4. The number of aryl methyl sites for hydroxylation is 1. The summed E-state index contributed by atoms with van der Waals surface area (Å²) in [6, 6.07) is 27.7. The van der Waals surface area contributed by atoms with Crippen molar-refractivity contribution in [1.29, 1.82) is 0 Å². The van der Waals surface area contributed by atoms with E-state index in [1.54, 1.807) is 53.7 Å². The molecule has 0 saturated carbocycles. The molecule has 0 amide bonds. The predicted molar refractivity (Wildman–Crippen MR) is 180 cm³/mol. The summed E-state index contributed by atoms with van der Waals surface area (Å²) in [7, 11) is 0. The molecule has 1 atom stereocenters. The molecule has 0 spiro atoms. The van der Waals surface area contributed by atoms with Gasteiger partial charge < -0.3 is 23.1 Å². The van der Waals surface area contributed by atoms with E-state index in [1.165, 1.54) is 12.0 Å². The van der Waals surface area contributed by atoms with Crippen molar-refractivity contribution < 1.29 is 32.7 Å². The van der Waals surface area contributed by atoms with E-state index >= 15 is 0 Å². The third-order valence-corrected chi connectivity index (χ3v) is 8.14. The summed E-state index contributed by atoms with van der Waals surface area (Å²) in [6.45, 7) is 12.9. The zero-order chi connectivity index (χ0) is 32.8. The van der Waals surface area contributed by atoms with Crippen LogP contribution in [0.25, 0.3) is 21.5 Å². The molecule has 0 aliphatic carbocycles. The number of hydrogen-bond donors (Lipinski definition) is 0. The van der Waals surface area contributed by atoms with E-state index in [-0.39, 0.29) is 5.92 Å². The zero-order valence-electron chi connectivity index (χ0n) is 26.9. The molecule has 8 heteroatoms. The minimum atomic E-state index is -0.755. The Morgan fingerprint density at radius 2 is 1.24 bits per heavy atom. The smallest absolute Gasteiger partial charge is 0.428 e. The Morgan fingerprint density at radius 1 is 0.674 bits per heavy atom. The van der Waals surface area contributed by atoms with Crippen molar-refractivity contribution in [3.8, 4) is 17.2 Å². The molecule has 236 valence electrons. The number of fused-ring (bicyclic) bond motifs is 6. The average Bonchev–Trinajstić information content (AvgIpc) is 3.12. The normalized spacial score (nSPS) is 14.5. The second-order valence-electron chi connectivity index (χ2n) is 13.4. The van der Waals surface area contributed by atoms with Crippen LogP contribution in [0.2, 0.25) is 0 Å². The van der Waals surface area contributed by atoms with Crippen LogP contribution >= 0.6 is 12.0 Å². The van der Waals surface area contributed by atoms with Gasteiger partial charge in [-0.1, -0.05) is 54.1 Å². The molecule has 7 nitrogen and oxygen atoms in total. The van der Waals surface area contributed by atoms with Gasteiger partial charge in [-0.25, -0.2) is 9.59 Å². The van der Waals surface area contributed by atoms with E-state index in [0.29, 0.717) is 11.5 Å². The van der Waals surface area contributed by atoms with Crippen LogP contribution in [0.4, 0.5) is 9.59 Å². The van der Waals surface area contributed by atoms with Gasteiger partial charge >= 0.3 is 12.3 Å². The third kappa shape index (κ3) is 6.77. The van der Waals surface area contributed by atoms with E-state index in [1.807, 2.05) is 48.5 Å². The summed E-state index contributed by atoms with van der Waals surface area (Å²) >= 11 is 1.32. The average molecular weight is 637 g/mol. The highest BCUT2D eigenvalue weighted by Crippen LogP contribution is 2.51. The monoisotopic (exact) mass is 636 g/mol. The van der Waals surface area contributed by atoms with Gasteiger partial charge in [-0.05, 0) is 118 Å². The summed E-state index contributed by atoms with van der Waals surface area (Å²) < 4.78 is 28.2. The van der Waals surface area contributed by atoms with Crippen LogP contribution in [0.3, 0.4) is 0 Å². The van der Waals surface area contributed by atoms with Crippen molar-refractivity contribution in [3.05, 3.63) is 107 Å². The number of carbonyl (C=O) groups is 2. The fourth-order valence-electron chi connectivity index (χ4n) is 5.64. The molecule has 0 saturated heterocycles. The van der Waals surface area contributed by atoms with E-state index < -0.39 is 23.5 Å². The van der Waals surface area contributed by atoms with Crippen LogP contribution in [0.5, 0.6) is 17.2 Å². The maximum absolute atomic E-state index is 12.4. The minimum Gasteiger partial charge on any atom is -0.428 e. The van der Waals surface area contributed by atoms with Gasteiger partial charge in [0.25, 0.3) is 0 Å². The quantitative estimate of drug-likeness (QED) is 0.110. The molecule has 5 aromatic rings. The summed E-state index contributed by atoms with van der Waals surface area (Å²) in [5.74, 6) is 1.33. The molecule has 0 bridgehead atoms. The lowest BCUT2D eigenvalue weighted by Gasteiger charge is -2.23.